The zero-order valence-electron chi connectivity index (χ0n) is 14.2. The van der Waals surface area contributed by atoms with Gasteiger partial charge in [0, 0.05) is 48.3 Å². The van der Waals surface area contributed by atoms with Crippen molar-refractivity contribution in [2.75, 3.05) is 0 Å². The molecular formula is C20H21F2N3. The van der Waals surface area contributed by atoms with Crippen LogP contribution in [-0.2, 0) is 6.42 Å². The van der Waals surface area contributed by atoms with Crippen molar-refractivity contribution in [3.63, 3.8) is 0 Å². The first kappa shape index (κ1) is 16.2. The fraction of sp³-hybridized carbons (Fsp3) is 0.400. The molecule has 0 amide bonds. The third-order valence-electron chi connectivity index (χ3n) is 5.24. The van der Waals surface area contributed by atoms with Crippen LogP contribution in [-0.4, -0.2) is 20.9 Å². The predicted molar refractivity (Wildman–Crippen MR) is 94.7 cm³/mol. The average molecular weight is 341 g/mol. The molecule has 3 aromatic heterocycles. The van der Waals surface area contributed by atoms with Crippen molar-refractivity contribution in [3.8, 4) is 11.1 Å². The minimum Gasteiger partial charge on any atom is -0.360 e. The topological polar surface area (TPSA) is 41.6 Å². The highest BCUT2D eigenvalue weighted by atomic mass is 19.3. The average Bonchev–Trinajstić information content (AvgIpc) is 3.07. The van der Waals surface area contributed by atoms with E-state index >= 15 is 0 Å². The molecule has 0 spiro atoms. The van der Waals surface area contributed by atoms with E-state index in [2.05, 4.69) is 15.0 Å². The number of nitrogens with one attached hydrogen (secondary N) is 1. The predicted octanol–water partition coefficient (Wildman–Crippen LogP) is 5.30. The summed E-state index contributed by atoms with van der Waals surface area (Å²) in [4.78, 5) is 12.2. The molecule has 1 fully saturated rings. The van der Waals surface area contributed by atoms with Gasteiger partial charge in [-0.05, 0) is 49.8 Å². The van der Waals surface area contributed by atoms with Crippen LogP contribution in [0.15, 0.2) is 36.8 Å². The van der Waals surface area contributed by atoms with E-state index in [1.807, 2.05) is 43.7 Å². The Hall–Kier alpha value is -2.30. The molecule has 1 aliphatic carbocycles. The highest BCUT2D eigenvalue weighted by Crippen LogP contribution is 2.39. The minimum atomic E-state index is -2.49. The van der Waals surface area contributed by atoms with Crippen LogP contribution >= 0.6 is 0 Å². The number of fused-ring (bicyclic) bond motifs is 1. The molecule has 1 saturated carbocycles. The van der Waals surface area contributed by atoms with Crippen molar-refractivity contribution in [1.82, 2.24) is 15.0 Å². The molecule has 3 aromatic rings. The molecule has 25 heavy (non-hydrogen) atoms. The second-order valence-electron chi connectivity index (χ2n) is 7.08. The van der Waals surface area contributed by atoms with Crippen LogP contribution in [0.25, 0.3) is 22.2 Å². The fourth-order valence-corrected chi connectivity index (χ4v) is 3.74. The number of halogens is 2. The summed E-state index contributed by atoms with van der Waals surface area (Å²) in [7, 11) is 0. The van der Waals surface area contributed by atoms with Gasteiger partial charge >= 0.3 is 0 Å². The fourth-order valence-electron chi connectivity index (χ4n) is 3.74. The molecule has 0 aromatic carbocycles. The lowest BCUT2D eigenvalue weighted by Gasteiger charge is -2.28. The number of H-pyrrole nitrogens is 1. The van der Waals surface area contributed by atoms with Gasteiger partial charge in [-0.1, -0.05) is 6.07 Å². The molecule has 0 saturated heterocycles. The summed E-state index contributed by atoms with van der Waals surface area (Å²) in [5.74, 6) is -2.20. The van der Waals surface area contributed by atoms with E-state index in [9.17, 15) is 8.78 Å². The van der Waals surface area contributed by atoms with E-state index in [-0.39, 0.29) is 18.8 Å². The zero-order valence-corrected chi connectivity index (χ0v) is 14.2. The normalized spacial score (nSPS) is 17.9. The third-order valence-corrected chi connectivity index (χ3v) is 5.24. The number of rotatable bonds is 3. The van der Waals surface area contributed by atoms with Crippen molar-refractivity contribution in [3.05, 3.63) is 48.0 Å². The molecule has 0 unspecified atom stereocenters. The smallest absolute Gasteiger partial charge is 0.248 e. The maximum Gasteiger partial charge on any atom is 0.248 e. The lowest BCUT2D eigenvalue weighted by Crippen LogP contribution is -2.25. The second-order valence-corrected chi connectivity index (χ2v) is 7.08. The van der Waals surface area contributed by atoms with Crippen molar-refractivity contribution >= 4 is 11.0 Å². The Morgan fingerprint density at radius 2 is 1.92 bits per heavy atom. The summed E-state index contributed by atoms with van der Waals surface area (Å²) in [6.07, 6.45) is 7.56. The first-order valence-electron chi connectivity index (χ1n) is 8.78. The standard InChI is InChI=1S/C20H21F2N3/c1-13-2-3-15(11-24-13)17-12-25-18-6-9-23-19(18)16(17)10-14-4-7-20(21,22)8-5-14/h2-3,6,9,11-12,14,23H,4-5,7-8,10H2,1H3. The summed E-state index contributed by atoms with van der Waals surface area (Å²) < 4.78 is 27.0. The first-order chi connectivity index (χ1) is 12.0. The van der Waals surface area contributed by atoms with E-state index in [4.69, 9.17) is 0 Å². The first-order valence-corrected chi connectivity index (χ1v) is 8.78. The quantitative estimate of drug-likeness (QED) is 0.702. The van der Waals surface area contributed by atoms with Crippen molar-refractivity contribution < 1.29 is 8.78 Å². The second kappa shape index (κ2) is 6.21. The lowest BCUT2D eigenvalue weighted by molar-refractivity contribution is -0.0456. The third kappa shape index (κ3) is 3.28. The summed E-state index contributed by atoms with van der Waals surface area (Å²) in [6, 6.07) is 5.98. The van der Waals surface area contributed by atoms with Gasteiger partial charge in [-0.2, -0.15) is 0 Å². The number of hydrogen-bond donors (Lipinski definition) is 1. The zero-order chi connectivity index (χ0) is 17.4. The Bertz CT molecular complexity index is 874. The Balaban J connectivity index is 1.71. The molecule has 5 heteroatoms. The number of nitrogens with zero attached hydrogens (tertiary/aromatic N) is 2. The Morgan fingerprint density at radius 1 is 1.12 bits per heavy atom. The van der Waals surface area contributed by atoms with Crippen molar-refractivity contribution in [1.29, 1.82) is 0 Å². The van der Waals surface area contributed by atoms with Crippen LogP contribution in [0.1, 0.15) is 36.9 Å². The summed E-state index contributed by atoms with van der Waals surface area (Å²) in [5, 5.41) is 0. The molecule has 0 bridgehead atoms. The number of hydrogen-bond acceptors (Lipinski definition) is 2. The molecule has 1 aliphatic rings. The van der Waals surface area contributed by atoms with Crippen LogP contribution < -0.4 is 0 Å². The van der Waals surface area contributed by atoms with E-state index in [0.29, 0.717) is 12.8 Å². The van der Waals surface area contributed by atoms with Crippen molar-refractivity contribution in [2.45, 2.75) is 45.0 Å². The molecule has 130 valence electrons. The molecule has 0 aliphatic heterocycles. The molecule has 0 radical (unpaired) electrons. The van der Waals surface area contributed by atoms with Crippen LogP contribution in [0.5, 0.6) is 0 Å². The van der Waals surface area contributed by atoms with Crippen LogP contribution in [0.2, 0.25) is 0 Å². The molecule has 4 rings (SSSR count). The van der Waals surface area contributed by atoms with Gasteiger partial charge in [0.2, 0.25) is 5.92 Å². The number of aryl methyl sites for hydroxylation is 1. The summed E-state index contributed by atoms with van der Waals surface area (Å²) >= 11 is 0. The number of pyridine rings is 2. The lowest BCUT2D eigenvalue weighted by atomic mass is 9.81. The maximum absolute atomic E-state index is 13.5. The summed E-state index contributed by atoms with van der Waals surface area (Å²) in [5.41, 5.74) is 6.12. The maximum atomic E-state index is 13.5. The van der Waals surface area contributed by atoms with E-state index in [1.165, 1.54) is 0 Å². The SMILES string of the molecule is Cc1ccc(-c2cnc3cc[nH]c3c2CC2CCC(F)(F)CC2)cn1. The molecule has 1 N–H and O–H groups in total. The van der Waals surface area contributed by atoms with Gasteiger partial charge in [-0.3, -0.25) is 9.97 Å². The van der Waals surface area contributed by atoms with E-state index < -0.39 is 5.92 Å². The van der Waals surface area contributed by atoms with Gasteiger partial charge in [0.15, 0.2) is 0 Å². The molecular weight excluding hydrogens is 320 g/mol. The van der Waals surface area contributed by atoms with Crippen LogP contribution in [0, 0.1) is 12.8 Å². The van der Waals surface area contributed by atoms with Gasteiger partial charge in [-0.25, -0.2) is 8.78 Å². The summed E-state index contributed by atoms with van der Waals surface area (Å²) in [6.45, 7) is 1.96. The number of alkyl halides is 2. The van der Waals surface area contributed by atoms with Crippen LogP contribution in [0.3, 0.4) is 0 Å². The minimum absolute atomic E-state index is 0.00194. The van der Waals surface area contributed by atoms with E-state index in [1.54, 1.807) is 0 Å². The Morgan fingerprint density at radius 3 is 2.64 bits per heavy atom. The van der Waals surface area contributed by atoms with Gasteiger partial charge in [0.05, 0.1) is 11.0 Å². The largest absolute Gasteiger partial charge is 0.360 e. The Labute approximate surface area is 145 Å². The molecule has 0 atom stereocenters. The number of aromatic nitrogens is 3. The highest BCUT2D eigenvalue weighted by Gasteiger charge is 2.35. The van der Waals surface area contributed by atoms with Gasteiger partial charge in [0.1, 0.15) is 0 Å². The van der Waals surface area contributed by atoms with Crippen LogP contribution in [0.4, 0.5) is 8.78 Å². The molecule has 3 nitrogen and oxygen atoms in total. The van der Waals surface area contributed by atoms with Gasteiger partial charge in [0.25, 0.3) is 0 Å². The van der Waals surface area contributed by atoms with Crippen molar-refractivity contribution in [2.24, 2.45) is 5.92 Å². The van der Waals surface area contributed by atoms with Gasteiger partial charge < -0.3 is 4.98 Å². The van der Waals surface area contributed by atoms with E-state index in [0.717, 1.165) is 39.8 Å². The number of aromatic amines is 1. The monoisotopic (exact) mass is 341 g/mol. The molecule has 3 heterocycles. The Kier molecular flexibility index (Phi) is 4.02. The van der Waals surface area contributed by atoms with Gasteiger partial charge in [-0.15, -0.1) is 0 Å². The highest BCUT2D eigenvalue weighted by molar-refractivity contribution is 5.85.